The molecule has 1 aliphatic heterocycles. The quantitative estimate of drug-likeness (QED) is 0.606. The molecule has 3 heterocycles. The largest absolute Gasteiger partial charge is 0.339 e. The van der Waals surface area contributed by atoms with Crippen LogP contribution in [0.2, 0.25) is 0 Å². The van der Waals surface area contributed by atoms with E-state index >= 15 is 0 Å². The maximum absolute atomic E-state index is 12.9. The van der Waals surface area contributed by atoms with Crippen molar-refractivity contribution >= 4 is 26.0 Å². The summed E-state index contributed by atoms with van der Waals surface area (Å²) in [5.74, 6) is 0.735. The van der Waals surface area contributed by atoms with E-state index in [9.17, 15) is 8.42 Å². The maximum atomic E-state index is 12.9. The Morgan fingerprint density at radius 2 is 1.96 bits per heavy atom. The van der Waals surface area contributed by atoms with Crippen LogP contribution in [-0.4, -0.2) is 40.9 Å². The van der Waals surface area contributed by atoms with Crippen molar-refractivity contribution in [1.29, 1.82) is 0 Å². The zero-order valence-electron chi connectivity index (χ0n) is 14.3. The summed E-state index contributed by atoms with van der Waals surface area (Å²) in [5, 5.41) is 3.99. The van der Waals surface area contributed by atoms with Gasteiger partial charge in [-0.3, -0.25) is 4.98 Å². The lowest BCUT2D eigenvalue weighted by Crippen LogP contribution is -2.39. The molecule has 0 spiro atoms. The molecule has 0 radical (unpaired) electrons. The molecule has 1 aliphatic rings. The highest BCUT2D eigenvalue weighted by molar-refractivity contribution is 9.10. The topological polar surface area (TPSA) is 89.2 Å². The SMILES string of the molecule is O=S(=O)(c1ccc(Br)cc1)N1CCCC(c2nc(-c3ccccn3)no2)C1. The standard InChI is InChI=1S/C18H17BrN4O3S/c19-14-6-8-15(9-7-14)27(24,25)23-11-3-4-13(12-23)18-21-17(22-26-18)16-5-1-2-10-20-16/h1-2,5-10,13H,3-4,11-12H2. The van der Waals surface area contributed by atoms with Crippen molar-refractivity contribution in [3.05, 3.63) is 59.0 Å². The first-order valence-corrected chi connectivity index (χ1v) is 10.8. The first kappa shape index (κ1) is 18.3. The van der Waals surface area contributed by atoms with Crippen LogP contribution in [0.5, 0.6) is 0 Å². The minimum absolute atomic E-state index is 0.131. The maximum Gasteiger partial charge on any atom is 0.243 e. The fraction of sp³-hybridized carbons (Fsp3) is 0.278. The number of piperidine rings is 1. The van der Waals surface area contributed by atoms with E-state index in [0.717, 1.165) is 17.3 Å². The summed E-state index contributed by atoms with van der Waals surface area (Å²) in [4.78, 5) is 8.93. The Kier molecular flexibility index (Phi) is 5.07. The van der Waals surface area contributed by atoms with E-state index in [1.165, 1.54) is 4.31 Å². The summed E-state index contributed by atoms with van der Waals surface area (Å²) < 4.78 is 33.6. The van der Waals surface area contributed by atoms with Crippen LogP contribution in [0.25, 0.3) is 11.5 Å². The Balaban J connectivity index is 1.55. The Bertz CT molecular complexity index is 1020. The lowest BCUT2D eigenvalue weighted by Gasteiger charge is -2.30. The van der Waals surface area contributed by atoms with Gasteiger partial charge in [0.05, 0.1) is 10.8 Å². The number of hydrogen-bond donors (Lipinski definition) is 0. The van der Waals surface area contributed by atoms with E-state index in [2.05, 4.69) is 31.1 Å². The molecule has 0 N–H and O–H groups in total. The van der Waals surface area contributed by atoms with Crippen molar-refractivity contribution < 1.29 is 12.9 Å². The first-order chi connectivity index (χ1) is 13.0. The molecule has 1 atom stereocenters. The first-order valence-electron chi connectivity index (χ1n) is 8.55. The lowest BCUT2D eigenvalue weighted by atomic mass is 10.00. The number of pyridine rings is 1. The van der Waals surface area contributed by atoms with Crippen LogP contribution in [0.1, 0.15) is 24.7 Å². The number of sulfonamides is 1. The Labute approximate surface area is 165 Å². The summed E-state index contributed by atoms with van der Waals surface area (Å²) >= 11 is 3.33. The Hall–Kier alpha value is -2.10. The normalized spacial score (nSPS) is 18.5. The summed E-state index contributed by atoms with van der Waals surface area (Å²) in [7, 11) is -3.55. The molecule has 1 fully saturated rings. The van der Waals surface area contributed by atoms with E-state index in [0.29, 0.717) is 30.5 Å². The van der Waals surface area contributed by atoms with E-state index < -0.39 is 10.0 Å². The van der Waals surface area contributed by atoms with Gasteiger partial charge in [0.15, 0.2) is 0 Å². The third-order valence-electron chi connectivity index (χ3n) is 4.52. The highest BCUT2D eigenvalue weighted by atomic mass is 79.9. The van der Waals surface area contributed by atoms with Gasteiger partial charge < -0.3 is 4.52 Å². The second-order valence-electron chi connectivity index (χ2n) is 6.33. The van der Waals surface area contributed by atoms with Gasteiger partial charge in [0.2, 0.25) is 21.7 Å². The average molecular weight is 449 g/mol. The van der Waals surface area contributed by atoms with E-state index in [1.807, 2.05) is 12.1 Å². The van der Waals surface area contributed by atoms with Gasteiger partial charge in [0.1, 0.15) is 5.69 Å². The number of rotatable bonds is 4. The Morgan fingerprint density at radius 3 is 2.70 bits per heavy atom. The summed E-state index contributed by atoms with van der Waals surface area (Å²) in [6.07, 6.45) is 3.20. The van der Waals surface area contributed by atoms with Gasteiger partial charge >= 0.3 is 0 Å². The van der Waals surface area contributed by atoms with Gasteiger partial charge in [-0.15, -0.1) is 0 Å². The molecular weight excluding hydrogens is 432 g/mol. The van der Waals surface area contributed by atoms with Crippen molar-refractivity contribution in [2.75, 3.05) is 13.1 Å². The monoisotopic (exact) mass is 448 g/mol. The predicted octanol–water partition coefficient (Wildman–Crippen LogP) is 3.46. The third-order valence-corrected chi connectivity index (χ3v) is 6.93. The van der Waals surface area contributed by atoms with Crippen molar-refractivity contribution in [2.24, 2.45) is 0 Å². The molecule has 27 heavy (non-hydrogen) atoms. The van der Waals surface area contributed by atoms with Crippen LogP contribution in [0.3, 0.4) is 0 Å². The molecule has 1 aromatic carbocycles. The van der Waals surface area contributed by atoms with Crippen LogP contribution in [0.4, 0.5) is 0 Å². The van der Waals surface area contributed by atoms with Crippen LogP contribution in [0.15, 0.2) is 62.6 Å². The zero-order chi connectivity index (χ0) is 18.9. The Morgan fingerprint density at radius 1 is 1.15 bits per heavy atom. The second-order valence-corrected chi connectivity index (χ2v) is 9.18. The molecule has 0 bridgehead atoms. The molecule has 3 aromatic rings. The van der Waals surface area contributed by atoms with Crippen LogP contribution in [0, 0.1) is 0 Å². The van der Waals surface area contributed by atoms with Crippen molar-refractivity contribution in [1.82, 2.24) is 19.4 Å². The van der Waals surface area contributed by atoms with Gasteiger partial charge in [0.25, 0.3) is 0 Å². The molecule has 140 valence electrons. The fourth-order valence-corrected chi connectivity index (χ4v) is 4.91. The van der Waals surface area contributed by atoms with Crippen LogP contribution >= 0.6 is 15.9 Å². The van der Waals surface area contributed by atoms with E-state index in [4.69, 9.17) is 4.52 Å². The molecule has 0 saturated carbocycles. The minimum Gasteiger partial charge on any atom is -0.339 e. The number of halogens is 1. The van der Waals surface area contributed by atoms with Crippen molar-refractivity contribution in [3.63, 3.8) is 0 Å². The number of nitrogens with zero attached hydrogens (tertiary/aromatic N) is 4. The predicted molar refractivity (Wildman–Crippen MR) is 102 cm³/mol. The number of aromatic nitrogens is 3. The lowest BCUT2D eigenvalue weighted by molar-refractivity contribution is 0.265. The van der Waals surface area contributed by atoms with Crippen LogP contribution < -0.4 is 0 Å². The third kappa shape index (κ3) is 3.80. The van der Waals surface area contributed by atoms with Gasteiger partial charge in [0, 0.05) is 23.8 Å². The van der Waals surface area contributed by atoms with E-state index in [1.54, 1.807) is 36.5 Å². The zero-order valence-corrected chi connectivity index (χ0v) is 16.7. The summed E-state index contributed by atoms with van der Waals surface area (Å²) in [5.41, 5.74) is 0.627. The van der Waals surface area contributed by atoms with Crippen molar-refractivity contribution in [3.8, 4) is 11.5 Å². The smallest absolute Gasteiger partial charge is 0.243 e. The molecule has 1 saturated heterocycles. The van der Waals surface area contributed by atoms with Gasteiger partial charge in [-0.1, -0.05) is 27.2 Å². The highest BCUT2D eigenvalue weighted by Gasteiger charge is 2.33. The molecule has 7 nitrogen and oxygen atoms in total. The molecule has 9 heteroatoms. The van der Waals surface area contributed by atoms with Crippen LogP contribution in [-0.2, 0) is 10.0 Å². The summed E-state index contributed by atoms with van der Waals surface area (Å²) in [6, 6.07) is 12.1. The molecule has 2 aromatic heterocycles. The highest BCUT2D eigenvalue weighted by Crippen LogP contribution is 2.30. The minimum atomic E-state index is -3.55. The van der Waals surface area contributed by atoms with Gasteiger partial charge in [-0.2, -0.15) is 9.29 Å². The fourth-order valence-electron chi connectivity index (χ4n) is 3.12. The summed E-state index contributed by atoms with van der Waals surface area (Å²) in [6.45, 7) is 0.804. The molecule has 1 unspecified atom stereocenters. The van der Waals surface area contributed by atoms with Crippen molar-refractivity contribution in [2.45, 2.75) is 23.7 Å². The van der Waals surface area contributed by atoms with Gasteiger partial charge in [-0.25, -0.2) is 8.42 Å². The number of benzene rings is 1. The number of hydrogen-bond acceptors (Lipinski definition) is 6. The average Bonchev–Trinajstić information content (AvgIpc) is 3.19. The molecule has 0 amide bonds. The molecule has 0 aliphatic carbocycles. The molecule has 4 rings (SSSR count). The van der Waals surface area contributed by atoms with E-state index in [-0.39, 0.29) is 10.8 Å². The van der Waals surface area contributed by atoms with Gasteiger partial charge in [-0.05, 0) is 49.2 Å². The second kappa shape index (κ2) is 7.49. The molecular formula is C18H17BrN4O3S.